The molecule has 0 saturated carbocycles. The number of ether oxygens (including phenoxy) is 4. The molecule has 0 aliphatic carbocycles. The Bertz CT molecular complexity index is 903. The summed E-state index contributed by atoms with van der Waals surface area (Å²) in [5, 5.41) is 1.50. The monoisotopic (exact) mass is 392 g/mol. The number of fused-ring (bicyclic) bond motifs is 2. The molecular formula is C20H21ClO6. The molecule has 0 fully saturated rings. The Morgan fingerprint density at radius 3 is 1.85 bits per heavy atom. The maximum absolute atomic E-state index is 12.2. The summed E-state index contributed by atoms with van der Waals surface area (Å²) in [4.78, 5) is 24.5. The Hall–Kier alpha value is -2.47. The van der Waals surface area contributed by atoms with Crippen LogP contribution in [0.2, 0.25) is 5.02 Å². The third-order valence-electron chi connectivity index (χ3n) is 4.01. The highest BCUT2D eigenvalue weighted by molar-refractivity contribution is 6.31. The minimum Gasteiger partial charge on any atom is -0.483 e. The van der Waals surface area contributed by atoms with E-state index in [9.17, 15) is 9.59 Å². The number of benzene rings is 2. The van der Waals surface area contributed by atoms with Gasteiger partial charge in [-0.1, -0.05) is 39.3 Å². The van der Waals surface area contributed by atoms with Crippen LogP contribution in [-0.4, -0.2) is 25.2 Å². The van der Waals surface area contributed by atoms with Crippen LogP contribution in [-0.2, 0) is 9.59 Å². The molecule has 0 aromatic heterocycles. The second-order valence-corrected chi connectivity index (χ2v) is 7.29. The summed E-state index contributed by atoms with van der Waals surface area (Å²) < 4.78 is 22.7. The topological polar surface area (TPSA) is 71.1 Å². The van der Waals surface area contributed by atoms with Crippen LogP contribution in [0.5, 0.6) is 23.0 Å². The predicted molar refractivity (Wildman–Crippen MR) is 101 cm³/mol. The van der Waals surface area contributed by atoms with Crippen LogP contribution in [0, 0.1) is 11.8 Å². The van der Waals surface area contributed by atoms with Gasteiger partial charge in [0.05, 0.1) is 11.8 Å². The molecule has 0 unspecified atom stereocenters. The van der Waals surface area contributed by atoms with Crippen molar-refractivity contribution in [3.8, 4) is 23.0 Å². The summed E-state index contributed by atoms with van der Waals surface area (Å²) in [6.45, 7) is 7.52. The average Bonchev–Trinajstić information content (AvgIpc) is 2.63. The molecule has 1 aliphatic heterocycles. The van der Waals surface area contributed by atoms with Crippen LogP contribution < -0.4 is 18.9 Å². The summed E-state index contributed by atoms with van der Waals surface area (Å²) >= 11 is 6.16. The maximum atomic E-state index is 12.2. The lowest BCUT2D eigenvalue weighted by Gasteiger charge is -2.25. The lowest BCUT2D eigenvalue weighted by Crippen LogP contribution is -2.21. The van der Waals surface area contributed by atoms with Crippen molar-refractivity contribution in [3.63, 3.8) is 0 Å². The second-order valence-electron chi connectivity index (χ2n) is 6.85. The molecule has 0 radical (unpaired) electrons. The first-order valence-electron chi connectivity index (χ1n) is 8.77. The van der Waals surface area contributed by atoms with Gasteiger partial charge in [0.1, 0.15) is 13.2 Å². The predicted octanol–water partition coefficient (Wildman–Crippen LogP) is 4.39. The van der Waals surface area contributed by atoms with Gasteiger partial charge in [0, 0.05) is 15.8 Å². The van der Waals surface area contributed by atoms with Crippen molar-refractivity contribution < 1.29 is 28.5 Å². The van der Waals surface area contributed by atoms with Crippen molar-refractivity contribution in [2.24, 2.45) is 11.8 Å². The zero-order valence-corrected chi connectivity index (χ0v) is 16.4. The number of rotatable bonds is 4. The van der Waals surface area contributed by atoms with E-state index >= 15 is 0 Å². The molecule has 3 rings (SSSR count). The smallest absolute Gasteiger partial charge is 0.313 e. The maximum Gasteiger partial charge on any atom is 0.313 e. The molecule has 1 heterocycles. The van der Waals surface area contributed by atoms with Crippen LogP contribution in [0.1, 0.15) is 27.7 Å². The summed E-state index contributed by atoms with van der Waals surface area (Å²) in [7, 11) is 0. The van der Waals surface area contributed by atoms with E-state index in [1.165, 1.54) is 0 Å². The molecule has 27 heavy (non-hydrogen) atoms. The summed E-state index contributed by atoms with van der Waals surface area (Å²) in [5.41, 5.74) is 0. The molecule has 144 valence electrons. The molecular weight excluding hydrogens is 372 g/mol. The third-order valence-corrected chi connectivity index (χ3v) is 4.25. The van der Waals surface area contributed by atoms with Gasteiger partial charge in [0.15, 0.2) is 11.5 Å². The largest absolute Gasteiger partial charge is 0.483 e. The Morgan fingerprint density at radius 1 is 0.889 bits per heavy atom. The summed E-state index contributed by atoms with van der Waals surface area (Å²) in [6, 6.07) is 5.01. The quantitative estimate of drug-likeness (QED) is 0.567. The Balaban J connectivity index is 2.27. The van der Waals surface area contributed by atoms with E-state index in [1.54, 1.807) is 45.9 Å². The highest BCUT2D eigenvalue weighted by atomic mass is 35.5. The zero-order valence-electron chi connectivity index (χ0n) is 15.6. The van der Waals surface area contributed by atoms with E-state index in [0.717, 1.165) is 0 Å². The minimum absolute atomic E-state index is 0.213. The van der Waals surface area contributed by atoms with E-state index in [-0.39, 0.29) is 48.0 Å². The number of carbonyl (C=O) groups is 2. The molecule has 2 aromatic rings. The van der Waals surface area contributed by atoms with Crippen LogP contribution >= 0.6 is 11.6 Å². The summed E-state index contributed by atoms with van der Waals surface area (Å²) in [6.07, 6.45) is 0. The number of hydrogen-bond donors (Lipinski definition) is 0. The Labute approximate surface area is 162 Å². The van der Waals surface area contributed by atoms with Crippen LogP contribution in [0.4, 0.5) is 0 Å². The van der Waals surface area contributed by atoms with Crippen molar-refractivity contribution in [3.05, 3.63) is 23.2 Å². The highest BCUT2D eigenvalue weighted by Gasteiger charge is 2.30. The van der Waals surface area contributed by atoms with E-state index in [1.807, 2.05) is 0 Å². The molecule has 1 aliphatic rings. The normalized spacial score (nSPS) is 13.1. The van der Waals surface area contributed by atoms with Crippen molar-refractivity contribution in [2.45, 2.75) is 27.7 Å². The van der Waals surface area contributed by atoms with Crippen molar-refractivity contribution in [2.75, 3.05) is 13.2 Å². The van der Waals surface area contributed by atoms with Crippen molar-refractivity contribution >= 4 is 34.3 Å². The minimum atomic E-state index is -0.417. The van der Waals surface area contributed by atoms with Gasteiger partial charge in [-0.05, 0) is 18.2 Å². The molecule has 7 heteroatoms. The van der Waals surface area contributed by atoms with E-state index in [4.69, 9.17) is 30.5 Å². The van der Waals surface area contributed by atoms with Crippen LogP contribution in [0.15, 0.2) is 18.2 Å². The first kappa shape index (κ1) is 19.3. The highest BCUT2D eigenvalue weighted by Crippen LogP contribution is 2.53. The average molecular weight is 393 g/mol. The number of esters is 2. The first-order valence-corrected chi connectivity index (χ1v) is 9.15. The Morgan fingerprint density at radius 2 is 1.37 bits per heavy atom. The lowest BCUT2D eigenvalue weighted by molar-refractivity contribution is -0.139. The SMILES string of the molecule is CC(C)C(=O)Oc1c2c(c(OC(=O)C(C)C)c3cc(Cl)ccc13)OCCO2. The number of hydrogen-bond acceptors (Lipinski definition) is 6. The van der Waals surface area contributed by atoms with Gasteiger partial charge in [0.25, 0.3) is 0 Å². The van der Waals surface area contributed by atoms with Gasteiger partial charge in [-0.25, -0.2) is 0 Å². The zero-order chi connectivity index (χ0) is 19.7. The van der Waals surface area contributed by atoms with E-state index in [0.29, 0.717) is 15.8 Å². The fourth-order valence-corrected chi connectivity index (χ4v) is 2.71. The molecule has 0 amide bonds. The van der Waals surface area contributed by atoms with Gasteiger partial charge in [-0.3, -0.25) is 9.59 Å². The molecule has 0 saturated heterocycles. The summed E-state index contributed by atoms with van der Waals surface area (Å²) in [5.74, 6) is -0.559. The van der Waals surface area contributed by atoms with Crippen LogP contribution in [0.3, 0.4) is 0 Å². The van der Waals surface area contributed by atoms with E-state index in [2.05, 4.69) is 0 Å². The molecule has 6 nitrogen and oxygen atoms in total. The van der Waals surface area contributed by atoms with Gasteiger partial charge < -0.3 is 18.9 Å². The molecule has 0 N–H and O–H groups in total. The van der Waals surface area contributed by atoms with Gasteiger partial charge in [-0.2, -0.15) is 0 Å². The van der Waals surface area contributed by atoms with Gasteiger partial charge in [0.2, 0.25) is 11.5 Å². The standard InChI is InChI=1S/C20H21ClO6/c1-10(2)19(22)26-15-13-6-5-12(21)9-14(13)16(27-20(23)11(3)4)18-17(15)24-7-8-25-18/h5-6,9-11H,7-8H2,1-4H3. The molecule has 2 aromatic carbocycles. The van der Waals surface area contributed by atoms with Crippen molar-refractivity contribution in [1.29, 1.82) is 0 Å². The fourth-order valence-electron chi connectivity index (χ4n) is 2.54. The van der Waals surface area contributed by atoms with Gasteiger partial charge >= 0.3 is 11.9 Å². The third kappa shape index (κ3) is 3.81. The van der Waals surface area contributed by atoms with Crippen molar-refractivity contribution in [1.82, 2.24) is 0 Å². The lowest BCUT2D eigenvalue weighted by atomic mass is 10.1. The molecule has 0 bridgehead atoms. The van der Waals surface area contributed by atoms with E-state index < -0.39 is 11.9 Å². The second kappa shape index (κ2) is 7.64. The van der Waals surface area contributed by atoms with Crippen LogP contribution in [0.25, 0.3) is 10.8 Å². The fraction of sp³-hybridized carbons (Fsp3) is 0.400. The molecule has 0 atom stereocenters. The molecule has 0 spiro atoms. The Kier molecular flexibility index (Phi) is 5.46. The number of halogens is 1. The van der Waals surface area contributed by atoms with Gasteiger partial charge in [-0.15, -0.1) is 0 Å². The number of carbonyl (C=O) groups excluding carboxylic acids is 2. The first-order chi connectivity index (χ1) is 12.8.